The number of carboxylic acid groups (broad SMARTS) is 1. The van der Waals surface area contributed by atoms with Gasteiger partial charge in [-0.25, -0.2) is 0 Å². The van der Waals surface area contributed by atoms with Gasteiger partial charge in [-0.1, -0.05) is 23.2 Å². The molecule has 7 heteroatoms. The molecule has 0 bridgehead atoms. The fourth-order valence-electron chi connectivity index (χ4n) is 0.633. The molecule has 0 aromatic carbocycles. The van der Waals surface area contributed by atoms with Gasteiger partial charge in [-0.2, -0.15) is 0 Å². The Morgan fingerprint density at radius 1 is 1.62 bits per heavy atom. The summed E-state index contributed by atoms with van der Waals surface area (Å²) in [4.78, 5) is 10.2. The standard InChI is InChI=1S/C6H5Cl2NO2S.ClH/c7-3-2-12-6(8)5(3)9-1-4(10)11;/h2,9H,1H2,(H,10,11);1H. The average molecular weight is 263 g/mol. The first-order valence-electron chi connectivity index (χ1n) is 2.99. The van der Waals surface area contributed by atoms with E-state index < -0.39 is 5.97 Å². The minimum absolute atomic E-state index is 0. The molecule has 13 heavy (non-hydrogen) atoms. The molecule has 0 atom stereocenters. The third-order valence-corrected chi connectivity index (χ3v) is 2.77. The Morgan fingerprint density at radius 3 is 2.62 bits per heavy atom. The SMILES string of the molecule is Cl.O=C(O)CNc1c(Cl)csc1Cl. The molecule has 0 saturated heterocycles. The Bertz CT molecular complexity index is 283. The van der Waals surface area contributed by atoms with Crippen molar-refractivity contribution in [3.63, 3.8) is 0 Å². The van der Waals surface area contributed by atoms with E-state index >= 15 is 0 Å². The van der Waals surface area contributed by atoms with Crippen molar-refractivity contribution in [3.8, 4) is 0 Å². The molecular formula is C6H6Cl3NO2S. The molecule has 1 rings (SSSR count). The van der Waals surface area contributed by atoms with E-state index in [1.807, 2.05) is 0 Å². The zero-order chi connectivity index (χ0) is 9.14. The first-order chi connectivity index (χ1) is 5.61. The maximum absolute atomic E-state index is 10.2. The van der Waals surface area contributed by atoms with Gasteiger partial charge in [-0.3, -0.25) is 4.79 Å². The second-order valence-electron chi connectivity index (χ2n) is 1.98. The summed E-state index contributed by atoms with van der Waals surface area (Å²) in [5, 5.41) is 13.1. The molecule has 3 nitrogen and oxygen atoms in total. The summed E-state index contributed by atoms with van der Waals surface area (Å²) in [6, 6.07) is 0. The molecule has 0 aliphatic carbocycles. The molecule has 0 saturated carbocycles. The molecule has 2 N–H and O–H groups in total. The summed E-state index contributed by atoms with van der Waals surface area (Å²) < 4.78 is 0.473. The molecular weight excluding hydrogens is 256 g/mol. The quantitative estimate of drug-likeness (QED) is 0.880. The van der Waals surface area contributed by atoms with Crippen molar-refractivity contribution >= 4 is 58.6 Å². The van der Waals surface area contributed by atoms with E-state index in [1.165, 1.54) is 11.3 Å². The monoisotopic (exact) mass is 261 g/mol. The van der Waals surface area contributed by atoms with E-state index in [-0.39, 0.29) is 19.0 Å². The van der Waals surface area contributed by atoms with Crippen molar-refractivity contribution in [1.82, 2.24) is 0 Å². The lowest BCUT2D eigenvalue weighted by molar-refractivity contribution is -0.134. The zero-order valence-electron chi connectivity index (χ0n) is 6.21. The predicted molar refractivity (Wildman–Crippen MR) is 57.7 cm³/mol. The van der Waals surface area contributed by atoms with Crippen molar-refractivity contribution in [2.75, 3.05) is 11.9 Å². The van der Waals surface area contributed by atoms with Crippen LogP contribution in [0.2, 0.25) is 9.36 Å². The lowest BCUT2D eigenvalue weighted by atomic mass is 10.5. The van der Waals surface area contributed by atoms with Crippen molar-refractivity contribution in [1.29, 1.82) is 0 Å². The molecule has 0 aliphatic heterocycles. The van der Waals surface area contributed by atoms with Crippen LogP contribution in [-0.2, 0) is 4.79 Å². The van der Waals surface area contributed by atoms with E-state index in [4.69, 9.17) is 28.3 Å². The minimum atomic E-state index is -0.951. The normalized spacial score (nSPS) is 9.08. The van der Waals surface area contributed by atoms with Crippen molar-refractivity contribution in [3.05, 3.63) is 14.7 Å². The molecule has 0 fully saturated rings. The van der Waals surface area contributed by atoms with Crippen LogP contribution in [0.3, 0.4) is 0 Å². The van der Waals surface area contributed by atoms with Gasteiger partial charge in [-0.05, 0) is 0 Å². The van der Waals surface area contributed by atoms with Gasteiger partial charge in [0.05, 0.1) is 10.7 Å². The molecule has 1 heterocycles. The van der Waals surface area contributed by atoms with Crippen molar-refractivity contribution in [2.24, 2.45) is 0 Å². The Morgan fingerprint density at radius 2 is 2.23 bits per heavy atom. The number of carbonyl (C=O) groups is 1. The maximum Gasteiger partial charge on any atom is 0.322 e. The highest BCUT2D eigenvalue weighted by molar-refractivity contribution is 7.15. The predicted octanol–water partition coefficient (Wildman–Crippen LogP) is 2.97. The van der Waals surface area contributed by atoms with E-state index in [2.05, 4.69) is 5.32 Å². The average Bonchev–Trinajstić information content (AvgIpc) is 2.28. The molecule has 1 aromatic heterocycles. The zero-order valence-corrected chi connectivity index (χ0v) is 9.36. The second kappa shape index (κ2) is 5.54. The topological polar surface area (TPSA) is 49.3 Å². The van der Waals surface area contributed by atoms with Gasteiger partial charge in [0.2, 0.25) is 0 Å². The highest BCUT2D eigenvalue weighted by atomic mass is 35.5. The molecule has 0 unspecified atom stereocenters. The minimum Gasteiger partial charge on any atom is -0.480 e. The summed E-state index contributed by atoms with van der Waals surface area (Å²) in [7, 11) is 0. The van der Waals surface area contributed by atoms with Crippen LogP contribution in [0.4, 0.5) is 5.69 Å². The summed E-state index contributed by atoms with van der Waals surface area (Å²) in [6.45, 7) is -0.184. The number of hydrogen-bond acceptors (Lipinski definition) is 3. The van der Waals surface area contributed by atoms with Crippen molar-refractivity contribution < 1.29 is 9.90 Å². The van der Waals surface area contributed by atoms with Gasteiger partial charge in [0.25, 0.3) is 0 Å². The summed E-state index contributed by atoms with van der Waals surface area (Å²) in [6.07, 6.45) is 0. The Labute approximate surface area is 95.1 Å². The molecule has 74 valence electrons. The molecule has 0 amide bonds. The Hall–Kier alpha value is -0.160. The molecule has 0 radical (unpaired) electrons. The van der Waals surface area contributed by atoms with Crippen LogP contribution >= 0.6 is 46.9 Å². The highest BCUT2D eigenvalue weighted by Crippen LogP contribution is 2.36. The first-order valence-corrected chi connectivity index (χ1v) is 4.63. The fourth-order valence-corrected chi connectivity index (χ4v) is 1.96. The molecule has 0 spiro atoms. The van der Waals surface area contributed by atoms with Gasteiger partial charge in [0.1, 0.15) is 10.9 Å². The summed E-state index contributed by atoms with van der Waals surface area (Å²) in [5.74, 6) is -0.951. The third-order valence-electron chi connectivity index (χ3n) is 1.12. The number of halogens is 3. The lowest BCUT2D eigenvalue weighted by Crippen LogP contribution is -2.12. The van der Waals surface area contributed by atoms with Gasteiger partial charge < -0.3 is 10.4 Å². The van der Waals surface area contributed by atoms with Crippen LogP contribution in [0.15, 0.2) is 5.38 Å². The second-order valence-corrected chi connectivity index (χ2v) is 3.87. The Kier molecular flexibility index (Phi) is 5.48. The third kappa shape index (κ3) is 3.60. The smallest absolute Gasteiger partial charge is 0.322 e. The lowest BCUT2D eigenvalue weighted by Gasteiger charge is -2.00. The van der Waals surface area contributed by atoms with E-state index in [0.717, 1.165) is 0 Å². The van der Waals surface area contributed by atoms with Crippen molar-refractivity contribution in [2.45, 2.75) is 0 Å². The number of anilines is 1. The van der Waals surface area contributed by atoms with Crippen LogP contribution in [0.5, 0.6) is 0 Å². The largest absolute Gasteiger partial charge is 0.480 e. The fraction of sp³-hybridized carbons (Fsp3) is 0.167. The van der Waals surface area contributed by atoms with E-state index in [0.29, 0.717) is 15.0 Å². The number of thiophene rings is 1. The van der Waals surface area contributed by atoms with E-state index in [9.17, 15) is 4.79 Å². The van der Waals surface area contributed by atoms with Crippen LogP contribution in [0.25, 0.3) is 0 Å². The van der Waals surface area contributed by atoms with Gasteiger partial charge in [-0.15, -0.1) is 23.7 Å². The number of nitrogens with one attached hydrogen (secondary N) is 1. The number of rotatable bonds is 3. The highest BCUT2D eigenvalue weighted by Gasteiger charge is 2.08. The summed E-state index contributed by atoms with van der Waals surface area (Å²) in [5.41, 5.74) is 0.491. The first kappa shape index (κ1) is 12.8. The van der Waals surface area contributed by atoms with Crippen LogP contribution in [0.1, 0.15) is 0 Å². The molecule has 1 aromatic rings. The number of hydrogen-bond donors (Lipinski definition) is 2. The summed E-state index contributed by atoms with van der Waals surface area (Å²) >= 11 is 12.7. The van der Waals surface area contributed by atoms with Crippen LogP contribution in [-0.4, -0.2) is 17.6 Å². The van der Waals surface area contributed by atoms with Crippen LogP contribution < -0.4 is 5.32 Å². The van der Waals surface area contributed by atoms with Gasteiger partial charge >= 0.3 is 5.97 Å². The van der Waals surface area contributed by atoms with Gasteiger partial charge in [0.15, 0.2) is 0 Å². The maximum atomic E-state index is 10.2. The molecule has 0 aliphatic rings. The number of carboxylic acids is 1. The van der Waals surface area contributed by atoms with Gasteiger partial charge in [0, 0.05) is 5.38 Å². The van der Waals surface area contributed by atoms with Crippen LogP contribution in [0, 0.1) is 0 Å². The van der Waals surface area contributed by atoms with E-state index in [1.54, 1.807) is 5.38 Å². The Balaban J connectivity index is 0.00000144. The number of aliphatic carboxylic acids is 1.